The molecule has 86 valence electrons. The number of H-pyrrole nitrogens is 1. The summed E-state index contributed by atoms with van der Waals surface area (Å²) in [6.07, 6.45) is 4.11. The van der Waals surface area contributed by atoms with Gasteiger partial charge in [0, 0.05) is 34.3 Å². The molecule has 3 heteroatoms. The highest BCUT2D eigenvalue weighted by Gasteiger charge is 2.03. The molecular weight excluding hydrogens is 323 g/mol. The van der Waals surface area contributed by atoms with E-state index >= 15 is 0 Å². The summed E-state index contributed by atoms with van der Waals surface area (Å²) in [5.41, 5.74) is 3.57. The molecule has 1 N–H and O–H groups in total. The maximum Gasteiger partial charge on any atom is 0.169 e. The van der Waals surface area contributed by atoms with Gasteiger partial charge in [0.1, 0.15) is 7.05 Å². The molecule has 0 bridgehead atoms. The van der Waals surface area contributed by atoms with Gasteiger partial charge in [-0.1, -0.05) is 18.2 Å². The predicted molar refractivity (Wildman–Crippen MR) is 64.9 cm³/mol. The number of hydrogen-bond donors (Lipinski definition) is 1. The lowest BCUT2D eigenvalue weighted by atomic mass is 10.2. The molecule has 3 rings (SSSR count). The molecule has 2 aromatic heterocycles. The minimum Gasteiger partial charge on any atom is -1.00 e. The normalized spacial score (nSPS) is 10.2. The Balaban J connectivity index is 0.00000108. The number of benzene rings is 1. The lowest BCUT2D eigenvalue weighted by Crippen LogP contribution is -3.00. The van der Waals surface area contributed by atoms with Gasteiger partial charge in [0.25, 0.3) is 0 Å². The molecule has 0 saturated carbocycles. The van der Waals surface area contributed by atoms with Gasteiger partial charge in [-0.25, -0.2) is 4.57 Å². The summed E-state index contributed by atoms with van der Waals surface area (Å²) in [5.74, 6) is 0. The molecule has 0 atom stereocenters. The second-order valence-electron chi connectivity index (χ2n) is 4.02. The molecule has 0 aliphatic rings. The number of hydrogen-bond acceptors (Lipinski definition) is 0. The van der Waals surface area contributed by atoms with Gasteiger partial charge in [-0.05, 0) is 12.1 Å². The van der Waals surface area contributed by atoms with Crippen molar-refractivity contribution in [2.24, 2.45) is 7.05 Å². The number of aryl methyl sites for hydroxylation is 1. The third-order valence-corrected chi connectivity index (χ3v) is 2.82. The molecule has 0 radical (unpaired) electrons. The molecule has 3 aromatic rings. The number of nitrogens with zero attached hydrogens (tertiary/aromatic N) is 1. The van der Waals surface area contributed by atoms with Gasteiger partial charge in [-0.15, -0.1) is 0 Å². The number of para-hydroxylation sites is 1. The van der Waals surface area contributed by atoms with E-state index in [9.17, 15) is 0 Å². The van der Waals surface area contributed by atoms with Gasteiger partial charge in [0.05, 0.1) is 0 Å². The average Bonchev–Trinajstić information content (AvgIpc) is 2.73. The Hall–Kier alpha value is -1.36. The van der Waals surface area contributed by atoms with E-state index in [1.165, 1.54) is 22.2 Å². The molecule has 0 amide bonds. The van der Waals surface area contributed by atoms with Crippen molar-refractivity contribution >= 4 is 10.9 Å². The van der Waals surface area contributed by atoms with Gasteiger partial charge in [0.2, 0.25) is 0 Å². The van der Waals surface area contributed by atoms with E-state index in [2.05, 4.69) is 53.8 Å². The fourth-order valence-electron chi connectivity index (χ4n) is 1.91. The molecule has 17 heavy (non-hydrogen) atoms. The zero-order chi connectivity index (χ0) is 11.0. The van der Waals surface area contributed by atoms with Crippen LogP contribution in [0.5, 0.6) is 0 Å². The Labute approximate surface area is 117 Å². The Morgan fingerprint density at radius 3 is 2.41 bits per heavy atom. The van der Waals surface area contributed by atoms with Crippen LogP contribution in [0.1, 0.15) is 0 Å². The van der Waals surface area contributed by atoms with Crippen LogP contribution in [-0.4, -0.2) is 4.98 Å². The molecular formula is C14H13IN2. The van der Waals surface area contributed by atoms with Crippen LogP contribution in [0.15, 0.2) is 54.9 Å². The largest absolute Gasteiger partial charge is 1.00 e. The van der Waals surface area contributed by atoms with Crippen LogP contribution in [0.25, 0.3) is 22.2 Å². The van der Waals surface area contributed by atoms with Crippen molar-refractivity contribution in [1.29, 1.82) is 0 Å². The molecule has 2 nitrogen and oxygen atoms in total. The van der Waals surface area contributed by atoms with Gasteiger partial charge in [0.15, 0.2) is 12.4 Å². The monoisotopic (exact) mass is 336 g/mol. The average molecular weight is 336 g/mol. The van der Waals surface area contributed by atoms with Crippen LogP contribution in [0, 0.1) is 0 Å². The summed E-state index contributed by atoms with van der Waals surface area (Å²) >= 11 is 0. The van der Waals surface area contributed by atoms with Gasteiger partial charge in [-0.2, -0.15) is 0 Å². The third-order valence-electron chi connectivity index (χ3n) is 2.82. The van der Waals surface area contributed by atoms with Crippen LogP contribution < -0.4 is 28.5 Å². The van der Waals surface area contributed by atoms with E-state index in [4.69, 9.17) is 0 Å². The fourth-order valence-corrected chi connectivity index (χ4v) is 1.91. The van der Waals surface area contributed by atoms with Gasteiger partial charge >= 0.3 is 0 Å². The van der Waals surface area contributed by atoms with E-state index in [0.717, 1.165) is 0 Å². The summed E-state index contributed by atoms with van der Waals surface area (Å²) in [4.78, 5) is 3.42. The topological polar surface area (TPSA) is 19.7 Å². The van der Waals surface area contributed by atoms with E-state index in [1.54, 1.807) is 0 Å². The van der Waals surface area contributed by atoms with Crippen molar-refractivity contribution < 1.29 is 28.5 Å². The Kier molecular flexibility index (Phi) is 3.47. The Bertz CT molecular complexity index is 593. The number of fused-ring (bicyclic) bond motifs is 1. The smallest absolute Gasteiger partial charge is 0.169 e. The first-order chi connectivity index (χ1) is 7.83. The van der Waals surface area contributed by atoms with E-state index in [-0.39, 0.29) is 24.0 Å². The summed E-state index contributed by atoms with van der Waals surface area (Å²) in [7, 11) is 2.02. The first-order valence-corrected chi connectivity index (χ1v) is 5.36. The van der Waals surface area contributed by atoms with Crippen molar-refractivity contribution in [3.05, 3.63) is 54.9 Å². The summed E-state index contributed by atoms with van der Waals surface area (Å²) in [5, 5.41) is 1.26. The minimum atomic E-state index is 0. The summed E-state index contributed by atoms with van der Waals surface area (Å²) in [6, 6.07) is 14.7. The van der Waals surface area contributed by atoms with Crippen LogP contribution in [0.3, 0.4) is 0 Å². The fraction of sp³-hybridized carbons (Fsp3) is 0.0714. The summed E-state index contributed by atoms with van der Waals surface area (Å²) < 4.78 is 2.03. The molecule has 0 fully saturated rings. The number of nitrogens with one attached hydrogen (secondary N) is 1. The van der Waals surface area contributed by atoms with Gasteiger partial charge in [-0.3, -0.25) is 0 Å². The standard InChI is InChI=1S/C14H12N2.HI/c1-16-8-6-11(7-9-16)14-10-12-4-2-3-5-13(12)15-14;/h2-10H,1H3;1H. The summed E-state index contributed by atoms with van der Waals surface area (Å²) in [6.45, 7) is 0. The lowest BCUT2D eigenvalue weighted by Gasteiger charge is -1.94. The zero-order valence-corrected chi connectivity index (χ0v) is 11.7. The number of aromatic nitrogens is 2. The SMILES string of the molecule is C[n+]1ccc(-c2cc3ccccc3[nH]2)cc1.[I-]. The quantitative estimate of drug-likeness (QED) is 0.464. The second-order valence-corrected chi connectivity index (χ2v) is 4.02. The van der Waals surface area contributed by atoms with Crippen molar-refractivity contribution in [2.75, 3.05) is 0 Å². The van der Waals surface area contributed by atoms with Crippen LogP contribution in [-0.2, 0) is 7.05 Å². The first kappa shape index (κ1) is 12.1. The van der Waals surface area contributed by atoms with E-state index in [0.29, 0.717) is 0 Å². The number of halogens is 1. The van der Waals surface area contributed by atoms with Crippen molar-refractivity contribution in [1.82, 2.24) is 4.98 Å². The Morgan fingerprint density at radius 1 is 1.00 bits per heavy atom. The van der Waals surface area contributed by atoms with E-state index in [1.807, 2.05) is 17.7 Å². The first-order valence-electron chi connectivity index (χ1n) is 5.36. The molecule has 0 unspecified atom stereocenters. The van der Waals surface area contributed by atoms with Crippen molar-refractivity contribution in [3.63, 3.8) is 0 Å². The molecule has 0 spiro atoms. The zero-order valence-electron chi connectivity index (χ0n) is 9.52. The Morgan fingerprint density at radius 2 is 1.71 bits per heavy atom. The van der Waals surface area contributed by atoms with E-state index < -0.39 is 0 Å². The predicted octanol–water partition coefficient (Wildman–Crippen LogP) is -0.337. The van der Waals surface area contributed by atoms with Crippen LogP contribution in [0.4, 0.5) is 0 Å². The van der Waals surface area contributed by atoms with Crippen molar-refractivity contribution in [3.8, 4) is 11.3 Å². The van der Waals surface area contributed by atoms with Crippen LogP contribution in [0.2, 0.25) is 0 Å². The number of pyridine rings is 1. The number of rotatable bonds is 1. The molecule has 0 aliphatic carbocycles. The molecule has 0 saturated heterocycles. The maximum atomic E-state index is 3.42. The third kappa shape index (κ3) is 2.34. The second kappa shape index (κ2) is 4.87. The highest BCUT2D eigenvalue weighted by Crippen LogP contribution is 2.22. The minimum absolute atomic E-state index is 0. The molecule has 0 aliphatic heterocycles. The van der Waals surface area contributed by atoms with Crippen LogP contribution >= 0.6 is 0 Å². The highest BCUT2D eigenvalue weighted by molar-refractivity contribution is 5.85. The number of aromatic amines is 1. The maximum absolute atomic E-state index is 3.42. The van der Waals surface area contributed by atoms with Gasteiger partial charge < -0.3 is 29.0 Å². The highest BCUT2D eigenvalue weighted by atomic mass is 127. The lowest BCUT2D eigenvalue weighted by molar-refractivity contribution is -0.671. The molecule has 2 heterocycles. The van der Waals surface area contributed by atoms with Crippen molar-refractivity contribution in [2.45, 2.75) is 0 Å². The molecule has 1 aromatic carbocycles.